The van der Waals surface area contributed by atoms with Crippen LogP contribution in [0.2, 0.25) is 0 Å². The number of hydrogen-bond donors (Lipinski definition) is 3. The number of esters is 4. The smallest absolute Gasteiger partial charge is 0.462 e. The van der Waals surface area contributed by atoms with Crippen LogP contribution in [0.1, 0.15) is 458 Å². The number of aliphatic hydroxyl groups is 1. The van der Waals surface area contributed by atoms with Gasteiger partial charge in [-0.1, -0.05) is 407 Å². The van der Waals surface area contributed by atoms with E-state index in [0.29, 0.717) is 25.7 Å². The topological polar surface area (TPSA) is 237 Å². The van der Waals surface area contributed by atoms with Gasteiger partial charge in [0, 0.05) is 25.7 Å². The summed E-state index contributed by atoms with van der Waals surface area (Å²) >= 11 is 0. The van der Waals surface area contributed by atoms with Crippen molar-refractivity contribution in [3.8, 4) is 0 Å². The highest BCUT2D eigenvalue weighted by molar-refractivity contribution is 7.47. The van der Waals surface area contributed by atoms with Crippen LogP contribution in [0.4, 0.5) is 0 Å². The van der Waals surface area contributed by atoms with Gasteiger partial charge in [0.1, 0.15) is 19.3 Å². The molecule has 0 bridgehead atoms. The van der Waals surface area contributed by atoms with Crippen molar-refractivity contribution in [1.82, 2.24) is 0 Å². The van der Waals surface area contributed by atoms with Gasteiger partial charge in [0.05, 0.1) is 26.4 Å². The van der Waals surface area contributed by atoms with Gasteiger partial charge in [0.15, 0.2) is 12.2 Å². The summed E-state index contributed by atoms with van der Waals surface area (Å²) in [5.74, 6) is -1.32. The van der Waals surface area contributed by atoms with Crippen LogP contribution in [0.15, 0.2) is 0 Å². The predicted octanol–water partition coefficient (Wildman–Crippen LogP) is 26.0. The zero-order valence-corrected chi connectivity index (χ0v) is 70.0. The standard InChI is InChI=1S/C85H166O17P2/c1-6-9-12-15-18-21-24-27-29-31-32-33-34-35-37-39-45-50-55-60-65-70-84(89)101-81(75-96-83(88)69-64-59-54-49-44-38-36-30-28-25-22-19-16-13-10-7-2)77-100-104(93,94)98-73-79(86)72-97-103(91,92)99-76-80(74-95-82(87)68-63-58-53-48-43-26-23-20-17-14-11-8-3)102-85(90)71-66-61-56-51-46-41-40-42-47-52-57-62-67-78(4)5/h78-81,86H,6-77H2,1-5H3,(H,91,92)(H,93,94)/t79-,80+,81+/m0/s1. The lowest BCUT2D eigenvalue weighted by molar-refractivity contribution is -0.161. The molecule has 0 aliphatic carbocycles. The monoisotopic (exact) mass is 1520 g/mol. The fraction of sp³-hybridized carbons (Fsp3) is 0.953. The van der Waals surface area contributed by atoms with E-state index in [0.717, 1.165) is 95.8 Å². The molecule has 0 aromatic carbocycles. The van der Waals surface area contributed by atoms with E-state index < -0.39 is 97.5 Å². The highest BCUT2D eigenvalue weighted by Crippen LogP contribution is 2.45. The van der Waals surface area contributed by atoms with Crippen molar-refractivity contribution in [3.63, 3.8) is 0 Å². The van der Waals surface area contributed by atoms with Gasteiger partial charge in [-0.05, 0) is 31.6 Å². The molecule has 3 N–H and O–H groups in total. The van der Waals surface area contributed by atoms with Crippen molar-refractivity contribution in [2.24, 2.45) is 5.92 Å². The lowest BCUT2D eigenvalue weighted by atomic mass is 10.0. The Morgan fingerprint density at radius 1 is 0.260 bits per heavy atom. The van der Waals surface area contributed by atoms with E-state index in [1.54, 1.807) is 0 Å². The first kappa shape index (κ1) is 102. The van der Waals surface area contributed by atoms with Gasteiger partial charge in [-0.25, -0.2) is 9.13 Å². The third-order valence-corrected chi connectivity index (χ3v) is 21.9. The Morgan fingerprint density at radius 3 is 0.654 bits per heavy atom. The van der Waals surface area contributed by atoms with E-state index in [4.69, 9.17) is 37.0 Å². The molecule has 19 heteroatoms. The van der Waals surface area contributed by atoms with E-state index in [9.17, 15) is 43.2 Å². The first-order chi connectivity index (χ1) is 50.5. The van der Waals surface area contributed by atoms with Crippen molar-refractivity contribution in [2.45, 2.75) is 477 Å². The summed E-state index contributed by atoms with van der Waals surface area (Å²) in [5, 5.41) is 10.7. The molecule has 2 unspecified atom stereocenters. The molecular formula is C85H166O17P2. The van der Waals surface area contributed by atoms with Crippen LogP contribution < -0.4 is 0 Å². The van der Waals surface area contributed by atoms with Crippen LogP contribution in [0, 0.1) is 5.92 Å². The fourth-order valence-corrected chi connectivity index (χ4v) is 14.9. The van der Waals surface area contributed by atoms with Gasteiger partial charge in [0.2, 0.25) is 0 Å². The highest BCUT2D eigenvalue weighted by Gasteiger charge is 2.30. The molecule has 17 nitrogen and oxygen atoms in total. The summed E-state index contributed by atoms with van der Waals surface area (Å²) in [6, 6.07) is 0. The Hall–Kier alpha value is -1.94. The van der Waals surface area contributed by atoms with E-state index >= 15 is 0 Å². The summed E-state index contributed by atoms with van der Waals surface area (Å²) < 4.78 is 68.9. The second-order valence-corrected chi connectivity index (χ2v) is 34.0. The van der Waals surface area contributed by atoms with Crippen LogP contribution in [-0.4, -0.2) is 96.7 Å². The van der Waals surface area contributed by atoms with Crippen molar-refractivity contribution in [1.29, 1.82) is 0 Å². The largest absolute Gasteiger partial charge is 0.472 e. The number of phosphoric ester groups is 2. The predicted molar refractivity (Wildman–Crippen MR) is 428 cm³/mol. The maximum absolute atomic E-state index is 13.1. The second-order valence-electron chi connectivity index (χ2n) is 31.1. The number of ether oxygens (including phenoxy) is 4. The summed E-state index contributed by atoms with van der Waals surface area (Å²) in [6.07, 6.45) is 70.7. The Bertz CT molecular complexity index is 1980. The van der Waals surface area contributed by atoms with Crippen molar-refractivity contribution in [2.75, 3.05) is 39.6 Å². The van der Waals surface area contributed by atoms with E-state index in [1.165, 1.54) is 283 Å². The Kier molecular flexibility index (Phi) is 76.3. The third kappa shape index (κ3) is 78.2. The van der Waals surface area contributed by atoms with E-state index in [-0.39, 0.29) is 25.7 Å². The molecule has 0 radical (unpaired) electrons. The first-order valence-electron chi connectivity index (χ1n) is 44.1. The highest BCUT2D eigenvalue weighted by atomic mass is 31.2. The zero-order chi connectivity index (χ0) is 76.2. The maximum atomic E-state index is 13.1. The van der Waals surface area contributed by atoms with Crippen molar-refractivity contribution in [3.05, 3.63) is 0 Å². The quantitative estimate of drug-likeness (QED) is 0.0222. The van der Waals surface area contributed by atoms with Gasteiger partial charge in [0.25, 0.3) is 0 Å². The summed E-state index contributed by atoms with van der Waals surface area (Å²) in [4.78, 5) is 73.2. The number of phosphoric acid groups is 2. The van der Waals surface area contributed by atoms with Crippen molar-refractivity contribution >= 4 is 39.5 Å². The van der Waals surface area contributed by atoms with Gasteiger partial charge in [-0.15, -0.1) is 0 Å². The number of unbranched alkanes of at least 4 members (excludes halogenated alkanes) is 57. The van der Waals surface area contributed by atoms with Crippen LogP contribution >= 0.6 is 15.6 Å². The molecule has 0 aliphatic rings. The average Bonchev–Trinajstić information content (AvgIpc) is 0.912. The molecular weight excluding hydrogens is 1350 g/mol. The fourth-order valence-electron chi connectivity index (χ4n) is 13.3. The van der Waals surface area contributed by atoms with Crippen LogP contribution in [0.5, 0.6) is 0 Å². The van der Waals surface area contributed by atoms with E-state index in [1.807, 2.05) is 0 Å². The number of carbonyl (C=O) groups is 4. The molecule has 0 fully saturated rings. The number of carbonyl (C=O) groups excluding carboxylic acids is 4. The molecule has 0 spiro atoms. The van der Waals surface area contributed by atoms with Gasteiger partial charge in [-0.3, -0.25) is 37.3 Å². The molecule has 618 valence electrons. The Morgan fingerprint density at radius 2 is 0.442 bits per heavy atom. The van der Waals surface area contributed by atoms with Crippen LogP contribution in [0.3, 0.4) is 0 Å². The van der Waals surface area contributed by atoms with Gasteiger partial charge < -0.3 is 33.8 Å². The second kappa shape index (κ2) is 77.8. The molecule has 5 atom stereocenters. The Labute approximate surface area is 638 Å². The molecule has 0 rings (SSSR count). The van der Waals surface area contributed by atoms with Gasteiger partial charge >= 0.3 is 39.5 Å². The van der Waals surface area contributed by atoms with Gasteiger partial charge in [-0.2, -0.15) is 0 Å². The van der Waals surface area contributed by atoms with Crippen molar-refractivity contribution < 1.29 is 80.2 Å². The minimum Gasteiger partial charge on any atom is -0.462 e. The third-order valence-electron chi connectivity index (χ3n) is 20.0. The number of rotatable bonds is 85. The van der Waals surface area contributed by atoms with Crippen LogP contribution in [-0.2, 0) is 65.4 Å². The molecule has 0 amide bonds. The normalized spacial score (nSPS) is 13.8. The summed E-state index contributed by atoms with van der Waals surface area (Å²) in [6.45, 7) is 7.37. The molecule has 0 heterocycles. The lowest BCUT2D eigenvalue weighted by Gasteiger charge is -2.21. The van der Waals surface area contributed by atoms with E-state index in [2.05, 4.69) is 34.6 Å². The SMILES string of the molecule is CCCCCCCCCCCCCCCCCCCCCCCC(=O)O[C@H](COC(=O)CCCCCCCCCCCCCCCCCC)COP(=O)(O)OC[C@@H](O)COP(=O)(O)OC[C@@H](COC(=O)CCCCCCCCCCCCCC)OC(=O)CCCCCCCCCCCCCCC(C)C. The molecule has 0 aromatic rings. The first-order valence-corrected chi connectivity index (χ1v) is 47.1. The molecule has 0 aromatic heterocycles. The molecule has 0 saturated carbocycles. The minimum absolute atomic E-state index is 0.108. The molecule has 0 saturated heterocycles. The molecule has 104 heavy (non-hydrogen) atoms. The lowest BCUT2D eigenvalue weighted by Crippen LogP contribution is -2.30. The average molecular weight is 1520 g/mol. The minimum atomic E-state index is -4.96. The van der Waals surface area contributed by atoms with Crippen LogP contribution in [0.25, 0.3) is 0 Å². The number of aliphatic hydroxyl groups excluding tert-OH is 1. The Balaban J connectivity index is 5.24. The summed E-state index contributed by atoms with van der Waals surface area (Å²) in [5.41, 5.74) is 0. The zero-order valence-electron chi connectivity index (χ0n) is 68.2. The summed E-state index contributed by atoms with van der Waals surface area (Å²) in [7, 11) is -9.93. The maximum Gasteiger partial charge on any atom is 0.472 e. The molecule has 0 aliphatic heterocycles. The number of hydrogen-bond acceptors (Lipinski definition) is 15.